The first-order valence-corrected chi connectivity index (χ1v) is 6.98. The van der Waals surface area contributed by atoms with E-state index in [0.29, 0.717) is 12.8 Å². The molecule has 0 unspecified atom stereocenters. The maximum absolute atomic E-state index is 12.1. The van der Waals surface area contributed by atoms with Gasteiger partial charge in [-0.05, 0) is 44.0 Å². The van der Waals surface area contributed by atoms with Crippen LogP contribution in [0.2, 0.25) is 0 Å². The predicted molar refractivity (Wildman–Crippen MR) is 80.5 cm³/mol. The van der Waals surface area contributed by atoms with Crippen molar-refractivity contribution in [1.29, 1.82) is 0 Å². The van der Waals surface area contributed by atoms with Gasteiger partial charge in [0.05, 0.1) is 5.69 Å². The van der Waals surface area contributed by atoms with Gasteiger partial charge in [0, 0.05) is 30.8 Å². The van der Waals surface area contributed by atoms with Crippen molar-refractivity contribution in [2.24, 2.45) is 0 Å². The average Bonchev–Trinajstić information content (AvgIpc) is 2.76. The summed E-state index contributed by atoms with van der Waals surface area (Å²) >= 11 is 0. The molecule has 0 saturated heterocycles. The highest BCUT2D eigenvalue weighted by molar-refractivity contribution is 5.80. The average molecular weight is 271 g/mol. The number of carbonyl (C=O) groups is 1. The van der Waals surface area contributed by atoms with Crippen molar-refractivity contribution < 1.29 is 4.79 Å². The Bertz CT molecular complexity index is 602. The molecule has 0 atom stereocenters. The Labute approximate surface area is 119 Å². The molecule has 0 saturated carbocycles. The maximum atomic E-state index is 12.1. The standard InChI is InChI=1S/C16H21N3O/c1-3-19-15(9-12(2)18-19)11-16(20)8-7-13-5-4-6-14(17)10-13/h4-6,9-10H,3,7-8,11,17H2,1-2H3. The van der Waals surface area contributed by atoms with Crippen LogP contribution in [0.3, 0.4) is 0 Å². The van der Waals surface area contributed by atoms with Gasteiger partial charge >= 0.3 is 0 Å². The molecule has 0 radical (unpaired) electrons. The third kappa shape index (κ3) is 3.70. The summed E-state index contributed by atoms with van der Waals surface area (Å²) in [5.74, 6) is 0.238. The second kappa shape index (κ2) is 6.37. The van der Waals surface area contributed by atoms with Gasteiger partial charge in [0.15, 0.2) is 0 Å². The number of hydrogen-bond donors (Lipinski definition) is 1. The van der Waals surface area contributed by atoms with Crippen LogP contribution in [-0.4, -0.2) is 15.6 Å². The minimum absolute atomic E-state index is 0.238. The van der Waals surface area contributed by atoms with Gasteiger partial charge in [-0.15, -0.1) is 0 Å². The highest BCUT2D eigenvalue weighted by atomic mass is 16.1. The lowest BCUT2D eigenvalue weighted by Crippen LogP contribution is -2.10. The lowest BCUT2D eigenvalue weighted by atomic mass is 10.0. The second-order valence-electron chi connectivity index (χ2n) is 5.05. The van der Waals surface area contributed by atoms with Crippen molar-refractivity contribution in [3.63, 3.8) is 0 Å². The number of nitrogen functional groups attached to an aromatic ring is 1. The summed E-state index contributed by atoms with van der Waals surface area (Å²) in [6.07, 6.45) is 1.73. The SMILES string of the molecule is CCn1nc(C)cc1CC(=O)CCc1cccc(N)c1. The van der Waals surface area contributed by atoms with Crippen LogP contribution in [0.4, 0.5) is 5.69 Å². The zero-order chi connectivity index (χ0) is 14.5. The Hall–Kier alpha value is -2.10. The molecule has 0 aliphatic carbocycles. The Morgan fingerprint density at radius 2 is 2.15 bits per heavy atom. The van der Waals surface area contributed by atoms with Gasteiger partial charge in [0.1, 0.15) is 5.78 Å². The molecular formula is C16H21N3O. The molecule has 4 nitrogen and oxygen atoms in total. The first kappa shape index (κ1) is 14.3. The molecular weight excluding hydrogens is 250 g/mol. The fourth-order valence-corrected chi connectivity index (χ4v) is 2.34. The highest BCUT2D eigenvalue weighted by Gasteiger charge is 2.10. The molecule has 106 valence electrons. The molecule has 0 spiro atoms. The van der Waals surface area contributed by atoms with Gasteiger partial charge in [-0.2, -0.15) is 5.10 Å². The summed E-state index contributed by atoms with van der Waals surface area (Å²) in [4.78, 5) is 12.1. The van der Waals surface area contributed by atoms with Gasteiger partial charge in [-0.3, -0.25) is 9.48 Å². The molecule has 1 aromatic carbocycles. The molecule has 1 aromatic heterocycles. The largest absolute Gasteiger partial charge is 0.399 e. The number of hydrogen-bond acceptors (Lipinski definition) is 3. The third-order valence-electron chi connectivity index (χ3n) is 3.31. The maximum Gasteiger partial charge on any atom is 0.139 e. The Morgan fingerprint density at radius 3 is 2.85 bits per heavy atom. The number of rotatable bonds is 6. The predicted octanol–water partition coefficient (Wildman–Crippen LogP) is 2.54. The Kier molecular flexibility index (Phi) is 4.56. The summed E-state index contributed by atoms with van der Waals surface area (Å²) in [6, 6.07) is 9.69. The molecule has 20 heavy (non-hydrogen) atoms. The number of nitrogens with zero attached hydrogens (tertiary/aromatic N) is 2. The fourth-order valence-electron chi connectivity index (χ4n) is 2.34. The smallest absolute Gasteiger partial charge is 0.139 e. The number of ketones is 1. The van der Waals surface area contributed by atoms with Crippen molar-refractivity contribution in [2.75, 3.05) is 5.73 Å². The fraction of sp³-hybridized carbons (Fsp3) is 0.375. The molecule has 2 aromatic rings. The van der Waals surface area contributed by atoms with E-state index in [-0.39, 0.29) is 5.78 Å². The number of anilines is 1. The van der Waals surface area contributed by atoms with E-state index in [9.17, 15) is 4.79 Å². The van der Waals surface area contributed by atoms with Crippen LogP contribution in [0.5, 0.6) is 0 Å². The molecule has 0 aliphatic heterocycles. The highest BCUT2D eigenvalue weighted by Crippen LogP contribution is 2.11. The second-order valence-corrected chi connectivity index (χ2v) is 5.05. The van der Waals surface area contributed by atoms with E-state index < -0.39 is 0 Å². The van der Waals surface area contributed by atoms with E-state index in [0.717, 1.165) is 35.6 Å². The van der Waals surface area contributed by atoms with Crippen LogP contribution in [0.1, 0.15) is 30.3 Å². The van der Waals surface area contributed by atoms with Crippen molar-refractivity contribution in [2.45, 2.75) is 39.7 Å². The quantitative estimate of drug-likeness (QED) is 0.821. The number of carbonyl (C=O) groups excluding carboxylic acids is 1. The van der Waals surface area contributed by atoms with E-state index in [1.54, 1.807) is 0 Å². The topological polar surface area (TPSA) is 60.9 Å². The first-order valence-electron chi connectivity index (χ1n) is 6.98. The van der Waals surface area contributed by atoms with Gasteiger partial charge in [-0.25, -0.2) is 0 Å². The number of benzene rings is 1. The molecule has 4 heteroatoms. The van der Waals surface area contributed by atoms with Gasteiger partial charge in [-0.1, -0.05) is 12.1 Å². The summed E-state index contributed by atoms with van der Waals surface area (Å²) in [5, 5.41) is 4.36. The lowest BCUT2D eigenvalue weighted by molar-refractivity contribution is -0.118. The van der Waals surface area contributed by atoms with Crippen molar-refractivity contribution in [3.8, 4) is 0 Å². The van der Waals surface area contributed by atoms with Crippen LogP contribution in [0.25, 0.3) is 0 Å². The summed E-state index contributed by atoms with van der Waals surface area (Å²) in [7, 11) is 0. The Balaban J connectivity index is 1.92. The monoisotopic (exact) mass is 271 g/mol. The lowest BCUT2D eigenvalue weighted by Gasteiger charge is -2.05. The summed E-state index contributed by atoms with van der Waals surface area (Å²) < 4.78 is 1.90. The van der Waals surface area contributed by atoms with E-state index >= 15 is 0 Å². The number of Topliss-reactive ketones (excluding diaryl/α,β-unsaturated/α-hetero) is 1. The molecule has 2 rings (SSSR count). The molecule has 0 bridgehead atoms. The van der Waals surface area contributed by atoms with E-state index in [2.05, 4.69) is 5.10 Å². The number of aryl methyl sites for hydroxylation is 3. The third-order valence-corrected chi connectivity index (χ3v) is 3.31. The first-order chi connectivity index (χ1) is 9.58. The van der Waals surface area contributed by atoms with Crippen LogP contribution in [0.15, 0.2) is 30.3 Å². The van der Waals surface area contributed by atoms with E-state index in [4.69, 9.17) is 5.73 Å². The zero-order valence-electron chi connectivity index (χ0n) is 12.1. The van der Waals surface area contributed by atoms with Crippen LogP contribution in [-0.2, 0) is 24.2 Å². The molecule has 1 heterocycles. The normalized spacial score (nSPS) is 10.7. The number of aromatic nitrogens is 2. The van der Waals surface area contributed by atoms with Crippen LogP contribution in [0, 0.1) is 6.92 Å². The summed E-state index contributed by atoms with van der Waals surface area (Å²) in [5.41, 5.74) is 9.55. The minimum atomic E-state index is 0.238. The van der Waals surface area contributed by atoms with Crippen LogP contribution < -0.4 is 5.73 Å². The van der Waals surface area contributed by atoms with Gasteiger partial charge < -0.3 is 5.73 Å². The van der Waals surface area contributed by atoms with Crippen molar-refractivity contribution in [1.82, 2.24) is 9.78 Å². The Morgan fingerprint density at radius 1 is 1.35 bits per heavy atom. The van der Waals surface area contributed by atoms with Crippen LogP contribution >= 0.6 is 0 Å². The van der Waals surface area contributed by atoms with Crippen molar-refractivity contribution in [3.05, 3.63) is 47.3 Å². The number of nitrogens with two attached hydrogens (primary N) is 1. The van der Waals surface area contributed by atoms with E-state index in [1.165, 1.54) is 0 Å². The van der Waals surface area contributed by atoms with E-state index in [1.807, 2.05) is 48.9 Å². The summed E-state index contributed by atoms with van der Waals surface area (Å²) in [6.45, 7) is 4.78. The molecule has 0 aliphatic rings. The molecule has 2 N–H and O–H groups in total. The van der Waals surface area contributed by atoms with Gasteiger partial charge in [0.2, 0.25) is 0 Å². The minimum Gasteiger partial charge on any atom is -0.399 e. The zero-order valence-corrected chi connectivity index (χ0v) is 12.1. The van der Waals surface area contributed by atoms with Crippen molar-refractivity contribution >= 4 is 11.5 Å². The van der Waals surface area contributed by atoms with Gasteiger partial charge in [0.25, 0.3) is 0 Å². The molecule has 0 amide bonds. The molecule has 0 fully saturated rings.